The summed E-state index contributed by atoms with van der Waals surface area (Å²) >= 11 is 0. The van der Waals surface area contributed by atoms with Gasteiger partial charge in [0.2, 0.25) is 11.8 Å². The van der Waals surface area contributed by atoms with Crippen LogP contribution in [0.2, 0.25) is 0 Å². The monoisotopic (exact) mass is 546 g/mol. The minimum Gasteiger partial charge on any atom is -0.390 e. The minimum absolute atomic E-state index is 0.0298. The lowest BCUT2D eigenvalue weighted by atomic mass is 9.78. The van der Waals surface area contributed by atoms with Crippen molar-refractivity contribution in [2.24, 2.45) is 0 Å². The van der Waals surface area contributed by atoms with Crippen molar-refractivity contribution in [2.75, 3.05) is 13.1 Å². The van der Waals surface area contributed by atoms with Crippen molar-refractivity contribution in [1.29, 1.82) is 0 Å². The molecule has 10 heteroatoms. The number of nitrogens with zero attached hydrogens (tertiary/aromatic N) is 1. The number of halogens is 2. The van der Waals surface area contributed by atoms with Gasteiger partial charge in [0.05, 0.1) is 17.7 Å². The van der Waals surface area contributed by atoms with Crippen LogP contribution < -0.4 is 16.0 Å². The highest BCUT2D eigenvalue weighted by Crippen LogP contribution is 2.34. The quantitative estimate of drug-likeness (QED) is 0.244. The minimum atomic E-state index is -1.09. The fourth-order valence-corrected chi connectivity index (χ4v) is 5.05. The van der Waals surface area contributed by atoms with Crippen molar-refractivity contribution < 1.29 is 28.7 Å². The van der Waals surface area contributed by atoms with E-state index in [1.165, 1.54) is 26.0 Å². The molecule has 1 saturated heterocycles. The fourth-order valence-electron chi connectivity index (χ4n) is 5.05. The van der Waals surface area contributed by atoms with E-state index in [0.29, 0.717) is 30.0 Å². The van der Waals surface area contributed by atoms with Gasteiger partial charge >= 0.3 is 0 Å². The molecule has 1 fully saturated rings. The molecular weight excluding hydrogens is 506 g/mol. The summed E-state index contributed by atoms with van der Waals surface area (Å²) in [5.74, 6) is -2.31. The number of amides is 2. The van der Waals surface area contributed by atoms with Crippen LogP contribution in [0.25, 0.3) is 0 Å². The maximum atomic E-state index is 13.8. The summed E-state index contributed by atoms with van der Waals surface area (Å²) in [5.41, 5.74) is 1.65. The molecule has 0 bridgehead atoms. The maximum Gasteiger partial charge on any atom is 0.244 e. The molecule has 0 spiro atoms. The number of nitrogens with one attached hydrogen (secondary N) is 3. The third-order valence-corrected chi connectivity index (χ3v) is 7.26. The SMILES string of the molecule is CC(=O)N[C@@H](Cc1cc(F)cc(F)c1)[C@H](O)CN[C@@]1(c2cccc(C(C)(C)C)c2)CC[C@H](N(O)C(C)=O)NC1. The van der Waals surface area contributed by atoms with Crippen molar-refractivity contribution in [1.82, 2.24) is 21.0 Å². The smallest absolute Gasteiger partial charge is 0.244 e. The first-order chi connectivity index (χ1) is 18.2. The molecule has 0 aliphatic carbocycles. The highest BCUT2D eigenvalue weighted by molar-refractivity contribution is 5.73. The predicted octanol–water partition coefficient (Wildman–Crippen LogP) is 3.10. The molecule has 1 aliphatic heterocycles. The molecule has 3 rings (SSSR count). The van der Waals surface area contributed by atoms with E-state index in [4.69, 9.17) is 0 Å². The summed E-state index contributed by atoms with van der Waals surface area (Å²) in [6.45, 7) is 9.38. The van der Waals surface area contributed by atoms with Crippen LogP contribution in [0.3, 0.4) is 0 Å². The van der Waals surface area contributed by atoms with Gasteiger partial charge in [-0.25, -0.2) is 13.8 Å². The predicted molar refractivity (Wildman–Crippen MR) is 144 cm³/mol. The van der Waals surface area contributed by atoms with Gasteiger partial charge in [-0.05, 0) is 53.5 Å². The molecule has 0 unspecified atom stereocenters. The standard InChI is InChI=1S/C29H40F2N4O4/c1-18(36)34-25(13-20-11-23(30)15-24(31)12-20)26(38)16-33-29(10-9-27(32-17-29)35(39)19(2)37)22-8-6-7-21(14-22)28(3,4)5/h6-8,11-12,14-15,25-27,32-33,38-39H,9-10,13,16-17H2,1-5H3,(H,34,36)/t25-,26+,27-,29-/m0/s1. The number of aliphatic hydroxyl groups excluding tert-OH is 1. The summed E-state index contributed by atoms with van der Waals surface area (Å²) < 4.78 is 27.5. The van der Waals surface area contributed by atoms with Gasteiger partial charge in [-0.1, -0.05) is 45.0 Å². The molecule has 4 atom stereocenters. The van der Waals surface area contributed by atoms with Crippen LogP contribution in [-0.4, -0.2) is 58.6 Å². The van der Waals surface area contributed by atoms with Crippen LogP contribution in [0.4, 0.5) is 8.78 Å². The number of carbonyl (C=O) groups is 2. The van der Waals surface area contributed by atoms with Crippen LogP contribution in [0, 0.1) is 11.6 Å². The Kier molecular flexibility index (Phi) is 9.82. The third-order valence-electron chi connectivity index (χ3n) is 7.26. The number of rotatable bonds is 9. The topological polar surface area (TPSA) is 114 Å². The number of piperidine rings is 1. The summed E-state index contributed by atoms with van der Waals surface area (Å²) in [6, 6.07) is 10.5. The van der Waals surface area contributed by atoms with E-state index in [-0.39, 0.29) is 24.3 Å². The second-order valence-corrected chi connectivity index (χ2v) is 11.4. The molecule has 0 radical (unpaired) electrons. The van der Waals surface area contributed by atoms with E-state index in [2.05, 4.69) is 48.9 Å². The molecule has 8 nitrogen and oxygen atoms in total. The van der Waals surface area contributed by atoms with Crippen LogP contribution in [-0.2, 0) is 27.0 Å². The summed E-state index contributed by atoms with van der Waals surface area (Å²) in [4.78, 5) is 23.6. The largest absolute Gasteiger partial charge is 0.390 e. The third kappa shape index (κ3) is 8.04. The Morgan fingerprint density at radius 2 is 1.82 bits per heavy atom. The average Bonchev–Trinajstić information content (AvgIpc) is 2.85. The van der Waals surface area contributed by atoms with Gasteiger partial charge in [-0.3, -0.25) is 20.1 Å². The molecule has 2 aromatic carbocycles. The van der Waals surface area contributed by atoms with E-state index in [0.717, 1.165) is 17.2 Å². The molecule has 2 amide bonds. The summed E-state index contributed by atoms with van der Waals surface area (Å²) in [7, 11) is 0. The lowest BCUT2D eigenvalue weighted by Gasteiger charge is -2.44. The first-order valence-corrected chi connectivity index (χ1v) is 13.2. The van der Waals surface area contributed by atoms with Crippen molar-refractivity contribution in [3.8, 4) is 0 Å². The number of aliphatic hydroxyl groups is 1. The fraction of sp³-hybridized carbons (Fsp3) is 0.517. The van der Waals surface area contributed by atoms with Gasteiger partial charge in [0.1, 0.15) is 17.8 Å². The maximum absolute atomic E-state index is 13.8. The number of hydrogen-bond donors (Lipinski definition) is 5. The molecule has 0 aromatic heterocycles. The van der Waals surface area contributed by atoms with Crippen molar-refractivity contribution in [3.05, 3.63) is 70.8 Å². The molecule has 39 heavy (non-hydrogen) atoms. The van der Waals surface area contributed by atoms with Gasteiger partial charge in [0.15, 0.2) is 0 Å². The Morgan fingerprint density at radius 3 is 2.36 bits per heavy atom. The zero-order valence-corrected chi connectivity index (χ0v) is 23.2. The van der Waals surface area contributed by atoms with E-state index >= 15 is 0 Å². The lowest BCUT2D eigenvalue weighted by Crippen LogP contribution is -2.62. The number of benzene rings is 2. The first kappa shape index (κ1) is 30.6. The van der Waals surface area contributed by atoms with Crippen LogP contribution >= 0.6 is 0 Å². The Hall–Kier alpha value is -2.92. The van der Waals surface area contributed by atoms with Gasteiger partial charge in [0, 0.05) is 33.0 Å². The van der Waals surface area contributed by atoms with Gasteiger partial charge in [-0.15, -0.1) is 0 Å². The van der Waals surface area contributed by atoms with Gasteiger partial charge < -0.3 is 15.7 Å². The zero-order chi connectivity index (χ0) is 29.0. The molecule has 0 saturated carbocycles. The van der Waals surface area contributed by atoms with E-state index < -0.39 is 41.4 Å². The molecule has 5 N–H and O–H groups in total. The number of hydroxylamine groups is 2. The molecule has 1 aliphatic rings. The molecule has 214 valence electrons. The summed E-state index contributed by atoms with van der Waals surface area (Å²) in [6.07, 6.45) is -0.635. The zero-order valence-electron chi connectivity index (χ0n) is 23.2. The second-order valence-electron chi connectivity index (χ2n) is 11.4. The van der Waals surface area contributed by atoms with Crippen LogP contribution in [0.1, 0.15) is 64.2 Å². The first-order valence-electron chi connectivity index (χ1n) is 13.2. The Bertz CT molecular complexity index is 1140. The van der Waals surface area contributed by atoms with Crippen LogP contribution in [0.5, 0.6) is 0 Å². The Balaban J connectivity index is 1.86. The molecular formula is C29H40F2N4O4. The highest BCUT2D eigenvalue weighted by atomic mass is 19.1. The van der Waals surface area contributed by atoms with Gasteiger partial charge in [-0.2, -0.15) is 0 Å². The lowest BCUT2D eigenvalue weighted by molar-refractivity contribution is -0.180. The van der Waals surface area contributed by atoms with Crippen molar-refractivity contribution >= 4 is 11.8 Å². The van der Waals surface area contributed by atoms with Crippen molar-refractivity contribution in [3.63, 3.8) is 0 Å². The van der Waals surface area contributed by atoms with E-state index in [9.17, 15) is 28.7 Å². The molecule has 1 heterocycles. The second kappa shape index (κ2) is 12.5. The van der Waals surface area contributed by atoms with E-state index in [1.54, 1.807) is 0 Å². The van der Waals surface area contributed by atoms with Gasteiger partial charge in [0.25, 0.3) is 0 Å². The summed E-state index contributed by atoms with van der Waals surface area (Å²) in [5, 5.41) is 31.5. The van der Waals surface area contributed by atoms with Crippen molar-refractivity contribution in [2.45, 2.75) is 83.1 Å². The average molecular weight is 547 g/mol. The Morgan fingerprint density at radius 1 is 1.15 bits per heavy atom. The molecule has 2 aromatic rings. The van der Waals surface area contributed by atoms with E-state index in [1.807, 2.05) is 12.1 Å². The van der Waals surface area contributed by atoms with Crippen LogP contribution in [0.15, 0.2) is 42.5 Å². The number of carbonyl (C=O) groups excluding carboxylic acids is 2. The number of hydrogen-bond acceptors (Lipinski definition) is 6. The Labute approximate surface area is 228 Å². The highest BCUT2D eigenvalue weighted by Gasteiger charge is 2.40. The normalized spacial score (nSPS) is 21.2.